The first-order chi connectivity index (χ1) is 7.52. The molecule has 17 heavy (non-hydrogen) atoms. The van der Waals surface area contributed by atoms with Crippen LogP contribution in [0, 0.1) is 5.92 Å². The van der Waals surface area contributed by atoms with Crippen LogP contribution in [-0.4, -0.2) is 32.8 Å². The van der Waals surface area contributed by atoms with Gasteiger partial charge in [0, 0.05) is 18.1 Å². The highest BCUT2D eigenvalue weighted by Gasteiger charge is 2.22. The molecule has 0 aliphatic rings. The predicted octanol–water partition coefficient (Wildman–Crippen LogP) is 1.73. The van der Waals surface area contributed by atoms with E-state index >= 15 is 0 Å². The lowest BCUT2D eigenvalue weighted by molar-refractivity contribution is 0.375. The molecule has 0 aliphatic carbocycles. The fourth-order valence-corrected chi connectivity index (χ4v) is 2.73. The summed E-state index contributed by atoms with van der Waals surface area (Å²) in [6.45, 7) is 11.0. The second-order valence-electron chi connectivity index (χ2n) is 6.01. The van der Waals surface area contributed by atoms with Crippen LogP contribution >= 0.6 is 0 Å². The van der Waals surface area contributed by atoms with Crippen LogP contribution in [0.2, 0.25) is 0 Å². The quantitative estimate of drug-likeness (QED) is 0.702. The Morgan fingerprint density at radius 3 is 2.06 bits per heavy atom. The van der Waals surface area contributed by atoms with Crippen LogP contribution in [0.3, 0.4) is 0 Å². The van der Waals surface area contributed by atoms with Crippen LogP contribution < -0.4 is 10.0 Å². The molecule has 4 nitrogen and oxygen atoms in total. The maximum Gasteiger partial charge on any atom is 0.209 e. The third-order valence-electron chi connectivity index (χ3n) is 2.53. The van der Waals surface area contributed by atoms with E-state index in [1.54, 1.807) is 0 Å². The SMILES string of the molecule is CC(C)CCC(C)NCC(C)(C)NS(C)(=O)=O. The summed E-state index contributed by atoms with van der Waals surface area (Å²) in [4.78, 5) is 0. The summed E-state index contributed by atoms with van der Waals surface area (Å²) in [6, 6.07) is 0.415. The molecular formula is C12H28N2O2S. The maximum atomic E-state index is 11.2. The first-order valence-electron chi connectivity index (χ1n) is 6.24. The summed E-state index contributed by atoms with van der Waals surface area (Å²) in [5.74, 6) is 0.710. The highest BCUT2D eigenvalue weighted by Crippen LogP contribution is 2.08. The van der Waals surface area contributed by atoms with Gasteiger partial charge in [-0.1, -0.05) is 13.8 Å². The zero-order chi connectivity index (χ0) is 13.7. The normalized spacial score (nSPS) is 15.2. The standard InChI is InChI=1S/C12H28N2O2S/c1-10(2)7-8-11(3)13-9-12(4,5)14-17(6,15)16/h10-11,13-14H,7-9H2,1-6H3. The smallest absolute Gasteiger partial charge is 0.209 e. The van der Waals surface area contributed by atoms with Gasteiger partial charge in [0.25, 0.3) is 0 Å². The summed E-state index contributed by atoms with van der Waals surface area (Å²) >= 11 is 0. The van der Waals surface area contributed by atoms with E-state index in [1.165, 1.54) is 12.7 Å². The van der Waals surface area contributed by atoms with Crippen molar-refractivity contribution >= 4 is 10.0 Å². The Labute approximate surface area is 107 Å². The zero-order valence-corrected chi connectivity index (χ0v) is 12.8. The van der Waals surface area contributed by atoms with Gasteiger partial charge in [-0.15, -0.1) is 0 Å². The number of nitrogens with one attached hydrogen (secondary N) is 2. The Bertz CT molecular complexity index is 310. The first-order valence-corrected chi connectivity index (χ1v) is 8.13. The van der Waals surface area contributed by atoms with E-state index in [-0.39, 0.29) is 0 Å². The van der Waals surface area contributed by atoms with Gasteiger partial charge in [-0.3, -0.25) is 0 Å². The molecule has 0 aromatic carbocycles. The Morgan fingerprint density at radius 1 is 1.12 bits per heavy atom. The largest absolute Gasteiger partial charge is 0.312 e. The molecule has 0 aliphatic heterocycles. The van der Waals surface area contributed by atoms with Gasteiger partial charge in [0.2, 0.25) is 10.0 Å². The molecule has 0 aromatic rings. The molecule has 104 valence electrons. The van der Waals surface area contributed by atoms with Crippen LogP contribution in [0.5, 0.6) is 0 Å². The van der Waals surface area contributed by atoms with E-state index in [9.17, 15) is 8.42 Å². The van der Waals surface area contributed by atoms with Crippen molar-refractivity contribution in [1.82, 2.24) is 10.0 Å². The highest BCUT2D eigenvalue weighted by atomic mass is 32.2. The summed E-state index contributed by atoms with van der Waals surface area (Å²) in [6.07, 6.45) is 3.50. The van der Waals surface area contributed by atoms with E-state index in [2.05, 4.69) is 30.8 Å². The van der Waals surface area contributed by atoms with Crippen LogP contribution in [0.1, 0.15) is 47.5 Å². The molecule has 2 N–H and O–H groups in total. The Kier molecular flexibility index (Phi) is 6.66. The second-order valence-corrected chi connectivity index (χ2v) is 7.76. The number of rotatable bonds is 8. The molecule has 0 rings (SSSR count). The second kappa shape index (κ2) is 6.71. The molecule has 0 spiro atoms. The van der Waals surface area contributed by atoms with E-state index in [1.807, 2.05) is 13.8 Å². The van der Waals surface area contributed by atoms with Crippen molar-refractivity contribution < 1.29 is 8.42 Å². The van der Waals surface area contributed by atoms with Crippen LogP contribution in [0.25, 0.3) is 0 Å². The molecule has 1 unspecified atom stereocenters. The fourth-order valence-electron chi connectivity index (χ4n) is 1.65. The van der Waals surface area contributed by atoms with Crippen molar-refractivity contribution in [3.63, 3.8) is 0 Å². The molecule has 0 heterocycles. The van der Waals surface area contributed by atoms with Gasteiger partial charge in [0.15, 0.2) is 0 Å². The maximum absolute atomic E-state index is 11.2. The van der Waals surface area contributed by atoms with Crippen LogP contribution in [0.15, 0.2) is 0 Å². The van der Waals surface area contributed by atoms with Gasteiger partial charge in [-0.2, -0.15) is 0 Å². The first kappa shape index (κ1) is 16.9. The molecule has 0 amide bonds. The molecule has 0 bridgehead atoms. The lowest BCUT2D eigenvalue weighted by atomic mass is 10.0. The average molecular weight is 264 g/mol. The van der Waals surface area contributed by atoms with Gasteiger partial charge in [0.1, 0.15) is 0 Å². The highest BCUT2D eigenvalue weighted by molar-refractivity contribution is 7.88. The van der Waals surface area contributed by atoms with E-state index in [4.69, 9.17) is 0 Å². The molecule has 0 fully saturated rings. The molecular weight excluding hydrogens is 236 g/mol. The van der Waals surface area contributed by atoms with Gasteiger partial charge >= 0.3 is 0 Å². The van der Waals surface area contributed by atoms with Crippen molar-refractivity contribution in [3.05, 3.63) is 0 Å². The van der Waals surface area contributed by atoms with Gasteiger partial charge in [0.05, 0.1) is 6.26 Å². The molecule has 0 aromatic heterocycles. The summed E-state index contributed by atoms with van der Waals surface area (Å²) in [5, 5.41) is 3.37. The topological polar surface area (TPSA) is 58.2 Å². The summed E-state index contributed by atoms with van der Waals surface area (Å²) in [7, 11) is -3.15. The fraction of sp³-hybridized carbons (Fsp3) is 1.00. The van der Waals surface area contributed by atoms with Crippen LogP contribution in [0.4, 0.5) is 0 Å². The Hall–Kier alpha value is -0.130. The van der Waals surface area contributed by atoms with Gasteiger partial charge in [-0.25, -0.2) is 13.1 Å². The van der Waals surface area contributed by atoms with E-state index in [0.717, 1.165) is 6.42 Å². The average Bonchev–Trinajstić information content (AvgIpc) is 2.07. The minimum atomic E-state index is -3.15. The molecule has 0 radical (unpaired) electrons. The lowest BCUT2D eigenvalue weighted by Crippen LogP contribution is -2.51. The Balaban J connectivity index is 4.01. The monoisotopic (exact) mass is 264 g/mol. The van der Waals surface area contributed by atoms with Crippen molar-refractivity contribution in [2.75, 3.05) is 12.8 Å². The van der Waals surface area contributed by atoms with E-state index < -0.39 is 15.6 Å². The molecule has 0 saturated heterocycles. The van der Waals surface area contributed by atoms with Crippen molar-refractivity contribution in [2.45, 2.75) is 59.0 Å². The summed E-state index contributed by atoms with van der Waals surface area (Å²) < 4.78 is 25.0. The molecule has 0 saturated carbocycles. The molecule has 1 atom stereocenters. The van der Waals surface area contributed by atoms with Gasteiger partial charge in [-0.05, 0) is 39.5 Å². The van der Waals surface area contributed by atoms with Crippen molar-refractivity contribution in [1.29, 1.82) is 0 Å². The summed E-state index contributed by atoms with van der Waals surface area (Å²) in [5.41, 5.74) is -0.445. The third kappa shape index (κ3) is 10.7. The predicted molar refractivity (Wildman–Crippen MR) is 73.6 cm³/mol. The Morgan fingerprint density at radius 2 is 1.65 bits per heavy atom. The van der Waals surface area contributed by atoms with Crippen LogP contribution in [-0.2, 0) is 10.0 Å². The third-order valence-corrected chi connectivity index (χ3v) is 3.45. The minimum absolute atomic E-state index is 0.415. The van der Waals surface area contributed by atoms with Crippen molar-refractivity contribution in [2.24, 2.45) is 5.92 Å². The number of hydrogen-bond acceptors (Lipinski definition) is 3. The lowest BCUT2D eigenvalue weighted by Gasteiger charge is -2.27. The number of hydrogen-bond donors (Lipinski definition) is 2. The van der Waals surface area contributed by atoms with E-state index in [0.29, 0.717) is 18.5 Å². The number of sulfonamides is 1. The minimum Gasteiger partial charge on any atom is -0.312 e. The van der Waals surface area contributed by atoms with Gasteiger partial charge < -0.3 is 5.32 Å². The molecule has 5 heteroatoms. The van der Waals surface area contributed by atoms with Crippen molar-refractivity contribution in [3.8, 4) is 0 Å². The zero-order valence-electron chi connectivity index (χ0n) is 12.0.